The van der Waals surface area contributed by atoms with E-state index in [1.165, 1.54) is 0 Å². The Morgan fingerprint density at radius 1 is 1.36 bits per heavy atom. The van der Waals surface area contributed by atoms with E-state index in [0.29, 0.717) is 13.1 Å². The van der Waals surface area contributed by atoms with Gasteiger partial charge in [0.15, 0.2) is 0 Å². The van der Waals surface area contributed by atoms with Crippen molar-refractivity contribution in [2.75, 3.05) is 32.0 Å². The van der Waals surface area contributed by atoms with Crippen molar-refractivity contribution in [3.05, 3.63) is 11.4 Å². The molecule has 0 radical (unpaired) electrons. The average molecular weight is 354 g/mol. The van der Waals surface area contributed by atoms with Crippen LogP contribution >= 0.6 is 24.8 Å². The maximum Gasteiger partial charge on any atom is 0.238 e. The highest BCUT2D eigenvalue weighted by molar-refractivity contribution is 5.93. The third-order valence-electron chi connectivity index (χ3n) is 3.44. The van der Waals surface area contributed by atoms with Crippen LogP contribution in [0.4, 0.5) is 5.69 Å². The summed E-state index contributed by atoms with van der Waals surface area (Å²) >= 11 is 0. The molecule has 0 saturated heterocycles. The molecule has 6 nitrogen and oxygen atoms in total. The summed E-state index contributed by atoms with van der Waals surface area (Å²) in [5.41, 5.74) is 8.33. The Morgan fingerprint density at radius 3 is 2.32 bits per heavy atom. The number of carbonyl (C=O) groups excluding carboxylic acids is 1. The zero-order chi connectivity index (χ0) is 15.5. The van der Waals surface area contributed by atoms with E-state index in [1.807, 2.05) is 32.8 Å². The Hall–Kier alpha value is -0.820. The number of nitrogens with zero attached hydrogens (tertiary/aromatic N) is 3. The van der Waals surface area contributed by atoms with Crippen LogP contribution in [0.1, 0.15) is 25.2 Å². The highest BCUT2D eigenvalue weighted by Crippen LogP contribution is 2.18. The zero-order valence-corrected chi connectivity index (χ0v) is 15.9. The molecule has 0 atom stereocenters. The SMILES string of the molecule is Cc1nn(C)c(C)c1NC(=O)CN(C)CC(C)(C)CN.Cl.Cl. The molecular formula is C14H29Cl2N5O. The number of nitrogens with one attached hydrogen (secondary N) is 1. The quantitative estimate of drug-likeness (QED) is 0.816. The summed E-state index contributed by atoms with van der Waals surface area (Å²) in [4.78, 5) is 14.1. The molecule has 0 fully saturated rings. The minimum Gasteiger partial charge on any atom is -0.330 e. The van der Waals surface area contributed by atoms with Crippen LogP contribution in [-0.2, 0) is 11.8 Å². The molecule has 0 aromatic carbocycles. The van der Waals surface area contributed by atoms with E-state index in [1.54, 1.807) is 4.68 Å². The number of rotatable bonds is 6. The van der Waals surface area contributed by atoms with Gasteiger partial charge in [0.25, 0.3) is 0 Å². The highest BCUT2D eigenvalue weighted by Gasteiger charge is 2.20. The Bertz CT molecular complexity index is 488. The fourth-order valence-electron chi connectivity index (χ4n) is 2.23. The summed E-state index contributed by atoms with van der Waals surface area (Å²) in [5, 5.41) is 7.23. The molecule has 130 valence electrons. The zero-order valence-electron chi connectivity index (χ0n) is 14.3. The van der Waals surface area contributed by atoms with Gasteiger partial charge in [0.2, 0.25) is 5.91 Å². The van der Waals surface area contributed by atoms with E-state index in [2.05, 4.69) is 24.3 Å². The van der Waals surface area contributed by atoms with E-state index >= 15 is 0 Å². The smallest absolute Gasteiger partial charge is 0.238 e. The molecule has 1 aromatic rings. The number of anilines is 1. The van der Waals surface area contributed by atoms with Gasteiger partial charge >= 0.3 is 0 Å². The van der Waals surface area contributed by atoms with Gasteiger partial charge in [0, 0.05) is 13.6 Å². The van der Waals surface area contributed by atoms with Gasteiger partial charge in [0.05, 0.1) is 23.6 Å². The summed E-state index contributed by atoms with van der Waals surface area (Å²) < 4.78 is 1.77. The topological polar surface area (TPSA) is 76.2 Å². The predicted octanol–water partition coefficient (Wildman–Crippen LogP) is 1.74. The highest BCUT2D eigenvalue weighted by atomic mass is 35.5. The van der Waals surface area contributed by atoms with Crippen molar-refractivity contribution in [2.24, 2.45) is 18.2 Å². The Morgan fingerprint density at radius 2 is 1.91 bits per heavy atom. The van der Waals surface area contributed by atoms with E-state index in [0.717, 1.165) is 23.6 Å². The van der Waals surface area contributed by atoms with Crippen LogP contribution in [0.25, 0.3) is 0 Å². The predicted molar refractivity (Wildman–Crippen MR) is 96.1 cm³/mol. The first-order valence-corrected chi connectivity index (χ1v) is 6.85. The lowest BCUT2D eigenvalue weighted by molar-refractivity contribution is -0.117. The van der Waals surface area contributed by atoms with Gasteiger partial charge in [-0.05, 0) is 32.9 Å². The van der Waals surface area contributed by atoms with Crippen molar-refractivity contribution < 1.29 is 4.79 Å². The summed E-state index contributed by atoms with van der Waals surface area (Å²) in [5.74, 6) is -0.0282. The number of halogens is 2. The number of carbonyl (C=O) groups is 1. The van der Waals surface area contributed by atoms with Gasteiger partial charge in [-0.1, -0.05) is 13.8 Å². The number of nitrogens with two attached hydrogens (primary N) is 1. The summed E-state index contributed by atoms with van der Waals surface area (Å²) in [6.45, 7) is 9.74. The summed E-state index contributed by atoms with van der Waals surface area (Å²) in [6.07, 6.45) is 0. The van der Waals surface area contributed by atoms with Crippen molar-refractivity contribution in [3.63, 3.8) is 0 Å². The average Bonchev–Trinajstić information content (AvgIpc) is 2.55. The molecule has 8 heteroatoms. The molecule has 0 aliphatic heterocycles. The van der Waals surface area contributed by atoms with Gasteiger partial charge in [-0.2, -0.15) is 5.10 Å². The molecule has 0 aliphatic rings. The van der Waals surface area contributed by atoms with Crippen LogP contribution in [0.2, 0.25) is 0 Å². The molecule has 1 amide bonds. The normalized spacial score (nSPS) is 10.9. The molecule has 0 aliphatic carbocycles. The Labute approximate surface area is 145 Å². The minimum absolute atomic E-state index is 0. The molecule has 1 aromatic heterocycles. The number of amides is 1. The van der Waals surface area contributed by atoms with E-state index in [9.17, 15) is 4.79 Å². The fraction of sp³-hybridized carbons (Fsp3) is 0.714. The molecule has 3 N–H and O–H groups in total. The van der Waals surface area contributed by atoms with Gasteiger partial charge in [-0.15, -0.1) is 24.8 Å². The molecule has 1 heterocycles. The lowest BCUT2D eigenvalue weighted by atomic mass is 9.93. The molecule has 22 heavy (non-hydrogen) atoms. The van der Waals surface area contributed by atoms with Gasteiger partial charge in [0.1, 0.15) is 0 Å². The van der Waals surface area contributed by atoms with Crippen LogP contribution in [0.15, 0.2) is 0 Å². The maximum absolute atomic E-state index is 12.1. The number of hydrogen-bond acceptors (Lipinski definition) is 4. The van der Waals surface area contributed by atoms with Crippen molar-refractivity contribution in [1.82, 2.24) is 14.7 Å². The summed E-state index contributed by atoms with van der Waals surface area (Å²) in [7, 11) is 3.80. The fourth-order valence-corrected chi connectivity index (χ4v) is 2.23. The van der Waals surface area contributed by atoms with Crippen molar-refractivity contribution in [1.29, 1.82) is 0 Å². The number of aromatic nitrogens is 2. The number of hydrogen-bond donors (Lipinski definition) is 2. The molecule has 0 bridgehead atoms. The van der Waals surface area contributed by atoms with Gasteiger partial charge in [-0.3, -0.25) is 14.4 Å². The number of likely N-dealkylation sites (N-methyl/N-ethyl adjacent to an activating group) is 1. The molecule has 1 rings (SSSR count). The van der Waals surface area contributed by atoms with Crippen LogP contribution in [0, 0.1) is 19.3 Å². The standard InChI is InChI=1S/C14H27N5O.2ClH/c1-10-13(11(2)19(6)17-10)16-12(20)7-18(5)9-14(3,4)8-15;;/h7-9,15H2,1-6H3,(H,16,20);2*1H. The lowest BCUT2D eigenvalue weighted by Gasteiger charge is -2.28. The monoisotopic (exact) mass is 353 g/mol. The van der Waals surface area contributed by atoms with Gasteiger partial charge < -0.3 is 11.1 Å². The van der Waals surface area contributed by atoms with E-state index in [4.69, 9.17) is 5.73 Å². The molecule has 0 saturated carbocycles. The minimum atomic E-state index is -0.0282. The maximum atomic E-state index is 12.1. The van der Waals surface area contributed by atoms with E-state index < -0.39 is 0 Å². The van der Waals surface area contributed by atoms with Crippen LogP contribution in [0.5, 0.6) is 0 Å². The largest absolute Gasteiger partial charge is 0.330 e. The van der Waals surface area contributed by atoms with Crippen LogP contribution in [0.3, 0.4) is 0 Å². The first kappa shape index (κ1) is 23.4. The van der Waals surface area contributed by atoms with Crippen LogP contribution in [-0.4, -0.2) is 47.3 Å². The second-order valence-electron chi connectivity index (χ2n) is 6.26. The molecular weight excluding hydrogens is 325 g/mol. The Kier molecular flexibility index (Phi) is 9.96. The van der Waals surface area contributed by atoms with Gasteiger partial charge in [-0.25, -0.2) is 0 Å². The van der Waals surface area contributed by atoms with Crippen molar-refractivity contribution >= 4 is 36.4 Å². The second kappa shape index (κ2) is 9.35. The van der Waals surface area contributed by atoms with E-state index in [-0.39, 0.29) is 36.1 Å². The molecule has 0 spiro atoms. The van der Waals surface area contributed by atoms with Crippen molar-refractivity contribution in [2.45, 2.75) is 27.7 Å². The second-order valence-corrected chi connectivity index (χ2v) is 6.26. The third kappa shape index (κ3) is 6.52. The lowest BCUT2D eigenvalue weighted by Crippen LogP contribution is -2.40. The first-order valence-electron chi connectivity index (χ1n) is 6.85. The van der Waals surface area contributed by atoms with Crippen molar-refractivity contribution in [3.8, 4) is 0 Å². The summed E-state index contributed by atoms with van der Waals surface area (Å²) in [6, 6.07) is 0. The van der Waals surface area contributed by atoms with Crippen LogP contribution < -0.4 is 11.1 Å². The molecule has 0 unspecified atom stereocenters. The first-order chi connectivity index (χ1) is 9.16. The Balaban J connectivity index is 0. The third-order valence-corrected chi connectivity index (χ3v) is 3.44. The number of aryl methyl sites for hydroxylation is 2.